The van der Waals surface area contributed by atoms with Gasteiger partial charge in [-0.05, 0) is 30.7 Å². The highest BCUT2D eigenvalue weighted by molar-refractivity contribution is 7.20. The fraction of sp³-hybridized carbons (Fsp3) is 0.333. The van der Waals surface area contributed by atoms with Gasteiger partial charge in [0.25, 0.3) is 5.19 Å². The van der Waals surface area contributed by atoms with E-state index in [1.807, 2.05) is 41.3 Å². The third-order valence-electron chi connectivity index (χ3n) is 4.79. The molecule has 0 aliphatic carbocycles. The largest absolute Gasteiger partial charge is 0.468 e. The molecule has 0 spiro atoms. The molecule has 5 rings (SSSR count). The van der Waals surface area contributed by atoms with Crippen LogP contribution in [0.2, 0.25) is 0 Å². The molecule has 2 aliphatic rings. The standard InChI is InChI=1S/C18H18N4O3S/c23-17(14-8-13(20-21-14)15-5-3-7-24-15)22-9-11(10-22)25-18-19-12-4-1-2-6-16(12)26-18/h1-7,11,13-14,20-21H,8-10H2. The van der Waals surface area contributed by atoms with E-state index in [4.69, 9.17) is 9.15 Å². The number of rotatable bonds is 4. The number of fused-ring (bicyclic) bond motifs is 1. The maximum absolute atomic E-state index is 12.6. The zero-order valence-corrected chi connectivity index (χ0v) is 14.7. The average Bonchev–Trinajstić information content (AvgIpc) is 3.36. The maximum atomic E-state index is 12.6. The van der Waals surface area contributed by atoms with E-state index in [0.29, 0.717) is 24.7 Å². The number of amides is 1. The van der Waals surface area contributed by atoms with E-state index in [-0.39, 0.29) is 24.1 Å². The first-order chi connectivity index (χ1) is 12.8. The van der Waals surface area contributed by atoms with Crippen molar-refractivity contribution in [3.63, 3.8) is 0 Å². The van der Waals surface area contributed by atoms with Crippen LogP contribution in [0.1, 0.15) is 18.2 Å². The van der Waals surface area contributed by atoms with Crippen LogP contribution >= 0.6 is 11.3 Å². The van der Waals surface area contributed by atoms with Gasteiger partial charge in [-0.3, -0.25) is 4.79 Å². The molecule has 2 saturated heterocycles. The summed E-state index contributed by atoms with van der Waals surface area (Å²) in [6.07, 6.45) is 2.33. The van der Waals surface area contributed by atoms with Crippen LogP contribution in [0.5, 0.6) is 5.19 Å². The lowest BCUT2D eigenvalue weighted by atomic mass is 10.0. The van der Waals surface area contributed by atoms with Crippen LogP contribution in [-0.2, 0) is 4.79 Å². The highest BCUT2D eigenvalue weighted by atomic mass is 32.1. The molecule has 2 fully saturated rings. The van der Waals surface area contributed by atoms with Gasteiger partial charge >= 0.3 is 0 Å². The van der Waals surface area contributed by atoms with Gasteiger partial charge in [-0.15, -0.1) is 0 Å². The minimum Gasteiger partial charge on any atom is -0.468 e. The van der Waals surface area contributed by atoms with E-state index >= 15 is 0 Å². The molecule has 2 unspecified atom stereocenters. The van der Waals surface area contributed by atoms with Gasteiger partial charge in [0, 0.05) is 0 Å². The first-order valence-electron chi connectivity index (χ1n) is 8.62. The lowest BCUT2D eigenvalue weighted by molar-refractivity contribution is -0.142. The molecule has 4 heterocycles. The lowest BCUT2D eigenvalue weighted by Gasteiger charge is -2.39. The molecule has 1 amide bonds. The van der Waals surface area contributed by atoms with Gasteiger partial charge in [0.1, 0.15) is 17.9 Å². The number of nitrogens with zero attached hydrogens (tertiary/aromatic N) is 2. The molecule has 8 heteroatoms. The first kappa shape index (κ1) is 15.8. The molecular weight excluding hydrogens is 352 g/mol. The van der Waals surface area contributed by atoms with Crippen LogP contribution in [-0.4, -0.2) is 41.0 Å². The Hall–Kier alpha value is -2.42. The van der Waals surface area contributed by atoms with Crippen molar-refractivity contribution >= 4 is 27.5 Å². The van der Waals surface area contributed by atoms with Crippen molar-refractivity contribution in [1.29, 1.82) is 0 Å². The number of benzene rings is 1. The van der Waals surface area contributed by atoms with Crippen LogP contribution < -0.4 is 15.6 Å². The summed E-state index contributed by atoms with van der Waals surface area (Å²) in [5.74, 6) is 0.934. The highest BCUT2D eigenvalue weighted by Gasteiger charge is 2.39. The number of furan rings is 1. The van der Waals surface area contributed by atoms with Gasteiger partial charge in [0.2, 0.25) is 5.91 Å². The smallest absolute Gasteiger partial charge is 0.274 e. The van der Waals surface area contributed by atoms with Crippen LogP contribution in [0.25, 0.3) is 10.2 Å². The van der Waals surface area contributed by atoms with Crippen LogP contribution in [0.3, 0.4) is 0 Å². The van der Waals surface area contributed by atoms with E-state index in [9.17, 15) is 4.79 Å². The number of ether oxygens (including phenoxy) is 1. The molecule has 1 aromatic carbocycles. The second-order valence-electron chi connectivity index (χ2n) is 6.58. The summed E-state index contributed by atoms with van der Waals surface area (Å²) in [7, 11) is 0. The van der Waals surface area contributed by atoms with Gasteiger partial charge < -0.3 is 14.1 Å². The van der Waals surface area contributed by atoms with Crippen molar-refractivity contribution in [2.45, 2.75) is 24.6 Å². The zero-order valence-electron chi connectivity index (χ0n) is 13.9. The minimum atomic E-state index is -0.242. The average molecular weight is 370 g/mol. The van der Waals surface area contributed by atoms with Gasteiger partial charge in [-0.1, -0.05) is 23.5 Å². The van der Waals surface area contributed by atoms with Crippen molar-refractivity contribution in [2.75, 3.05) is 13.1 Å². The Kier molecular flexibility index (Phi) is 3.88. The van der Waals surface area contributed by atoms with Crippen LogP contribution in [0.4, 0.5) is 0 Å². The van der Waals surface area contributed by atoms with E-state index in [0.717, 1.165) is 16.0 Å². The number of carbonyl (C=O) groups is 1. The number of para-hydroxylation sites is 1. The second kappa shape index (κ2) is 6.39. The van der Waals surface area contributed by atoms with Gasteiger partial charge in [0.05, 0.1) is 35.6 Å². The SMILES string of the molecule is O=C(C1CC(c2ccco2)NN1)N1CC(Oc2nc3ccccc3s2)C1. The number of nitrogens with one attached hydrogen (secondary N) is 2. The fourth-order valence-corrected chi connectivity index (χ4v) is 4.23. The van der Waals surface area contributed by atoms with E-state index in [1.165, 1.54) is 11.3 Å². The molecule has 0 saturated carbocycles. The third-order valence-corrected chi connectivity index (χ3v) is 5.72. The summed E-state index contributed by atoms with van der Waals surface area (Å²) in [5.41, 5.74) is 7.15. The maximum Gasteiger partial charge on any atom is 0.274 e. The van der Waals surface area contributed by atoms with Crippen LogP contribution in [0, 0.1) is 0 Å². The summed E-state index contributed by atoms with van der Waals surface area (Å²) < 4.78 is 12.4. The molecule has 2 aliphatic heterocycles. The van der Waals surface area contributed by atoms with Crippen LogP contribution in [0.15, 0.2) is 47.1 Å². The molecule has 7 nitrogen and oxygen atoms in total. The number of carbonyl (C=O) groups excluding carboxylic acids is 1. The summed E-state index contributed by atoms with van der Waals surface area (Å²) in [5, 5.41) is 0.668. The molecule has 3 aromatic rings. The van der Waals surface area contributed by atoms with Crippen molar-refractivity contribution in [3.8, 4) is 5.19 Å². The Labute approximate surface area is 153 Å². The summed E-state index contributed by atoms with van der Waals surface area (Å²) >= 11 is 1.54. The Morgan fingerprint density at radius 3 is 2.92 bits per heavy atom. The molecule has 0 radical (unpaired) electrons. The number of hydrazine groups is 1. The Balaban J connectivity index is 1.15. The minimum absolute atomic E-state index is 0.00902. The Bertz CT molecular complexity index is 887. The van der Waals surface area contributed by atoms with E-state index < -0.39 is 0 Å². The molecule has 0 bridgehead atoms. The van der Waals surface area contributed by atoms with Gasteiger partial charge in [-0.2, -0.15) is 0 Å². The molecular formula is C18H18N4O3S. The predicted molar refractivity (Wildman–Crippen MR) is 96.7 cm³/mol. The molecule has 134 valence electrons. The monoisotopic (exact) mass is 370 g/mol. The lowest BCUT2D eigenvalue weighted by Crippen LogP contribution is -2.60. The van der Waals surface area contributed by atoms with Gasteiger partial charge in [0.15, 0.2) is 0 Å². The van der Waals surface area contributed by atoms with Crippen molar-refractivity contribution in [3.05, 3.63) is 48.4 Å². The number of likely N-dealkylation sites (tertiary alicyclic amines) is 1. The fourth-order valence-electron chi connectivity index (χ4n) is 3.35. The predicted octanol–water partition coefficient (Wildman–Crippen LogP) is 2.09. The van der Waals surface area contributed by atoms with Crippen molar-refractivity contribution < 1.29 is 13.9 Å². The zero-order chi connectivity index (χ0) is 17.5. The number of thiazole rings is 1. The van der Waals surface area contributed by atoms with E-state index in [2.05, 4.69) is 15.8 Å². The molecule has 2 N–H and O–H groups in total. The number of hydrogen-bond donors (Lipinski definition) is 2. The molecule has 2 atom stereocenters. The molecule has 26 heavy (non-hydrogen) atoms. The number of aromatic nitrogens is 1. The third kappa shape index (κ3) is 2.86. The number of hydrogen-bond acceptors (Lipinski definition) is 7. The normalized spacial score (nSPS) is 23.3. The quantitative estimate of drug-likeness (QED) is 0.732. The molecule has 2 aromatic heterocycles. The summed E-state index contributed by atoms with van der Waals surface area (Å²) in [6.45, 7) is 1.19. The van der Waals surface area contributed by atoms with E-state index in [1.54, 1.807) is 6.26 Å². The topological polar surface area (TPSA) is 79.6 Å². The first-order valence-corrected chi connectivity index (χ1v) is 9.43. The highest BCUT2D eigenvalue weighted by Crippen LogP contribution is 2.30. The summed E-state index contributed by atoms with van der Waals surface area (Å²) in [4.78, 5) is 18.9. The second-order valence-corrected chi connectivity index (χ2v) is 7.57. The Morgan fingerprint density at radius 2 is 2.12 bits per heavy atom. The summed E-state index contributed by atoms with van der Waals surface area (Å²) in [6, 6.07) is 11.5. The Morgan fingerprint density at radius 1 is 1.23 bits per heavy atom. The van der Waals surface area contributed by atoms with Crippen molar-refractivity contribution in [1.82, 2.24) is 20.7 Å². The van der Waals surface area contributed by atoms with Crippen molar-refractivity contribution in [2.24, 2.45) is 0 Å². The van der Waals surface area contributed by atoms with Gasteiger partial charge in [-0.25, -0.2) is 15.8 Å².